The monoisotopic (exact) mass is 430 g/mol. The molecular formula is C24H27ClO5. The first kappa shape index (κ1) is 22.2. The fourth-order valence-electron chi connectivity index (χ4n) is 4.06. The van der Waals surface area contributed by atoms with E-state index in [0.29, 0.717) is 11.5 Å². The molecule has 2 aromatic rings. The molecule has 1 aliphatic rings. The number of halogens is 1. The van der Waals surface area contributed by atoms with Gasteiger partial charge in [0.15, 0.2) is 6.61 Å². The summed E-state index contributed by atoms with van der Waals surface area (Å²) in [6.07, 6.45) is 0.361. The van der Waals surface area contributed by atoms with E-state index in [1.165, 1.54) is 0 Å². The zero-order valence-electron chi connectivity index (χ0n) is 17.4. The van der Waals surface area contributed by atoms with Crippen LogP contribution in [0.3, 0.4) is 0 Å². The Morgan fingerprint density at radius 2 is 2.00 bits per heavy atom. The van der Waals surface area contributed by atoms with Crippen molar-refractivity contribution in [3.63, 3.8) is 0 Å². The lowest BCUT2D eigenvalue weighted by atomic mass is 9.76. The molecule has 2 aromatic carbocycles. The summed E-state index contributed by atoms with van der Waals surface area (Å²) >= 11 is 6.47. The Labute approximate surface area is 182 Å². The Morgan fingerprint density at radius 1 is 1.27 bits per heavy atom. The molecule has 0 aromatic heterocycles. The van der Waals surface area contributed by atoms with Gasteiger partial charge in [0, 0.05) is 22.4 Å². The summed E-state index contributed by atoms with van der Waals surface area (Å²) in [5.41, 5.74) is 2.80. The molecule has 1 aliphatic heterocycles. The number of hydrogen-bond donors (Lipinski definition) is 1. The van der Waals surface area contributed by atoms with Gasteiger partial charge in [-0.15, -0.1) is 0 Å². The van der Waals surface area contributed by atoms with Crippen molar-refractivity contribution in [2.24, 2.45) is 5.92 Å². The molecule has 0 saturated carbocycles. The van der Waals surface area contributed by atoms with E-state index in [1.807, 2.05) is 44.2 Å². The zero-order valence-corrected chi connectivity index (χ0v) is 18.2. The van der Waals surface area contributed by atoms with E-state index in [9.17, 15) is 4.79 Å². The van der Waals surface area contributed by atoms with E-state index >= 15 is 0 Å². The van der Waals surface area contributed by atoms with Crippen LogP contribution in [0.25, 0.3) is 0 Å². The molecule has 1 heterocycles. The Bertz CT molecular complexity index is 926. The first-order valence-corrected chi connectivity index (χ1v) is 10.3. The highest BCUT2D eigenvalue weighted by Crippen LogP contribution is 2.49. The largest absolute Gasteiger partial charge is 0.497 e. The molecule has 0 amide bonds. The number of carbonyl (C=O) groups is 1. The van der Waals surface area contributed by atoms with Crippen molar-refractivity contribution in [3.05, 3.63) is 70.8 Å². The molecule has 30 heavy (non-hydrogen) atoms. The number of rotatable bonds is 7. The standard InChI is InChI=1S/C24H27ClO5/c1-14(2)18-12-19(17-7-5-6-8-21(17)25)15(3)30-24(18)20-11-16(28-4)9-10-22(20)29-13-23(26)27/h5-11,15,18-19,24H,1,12-13H2,2-4H3,(H,26,27)/t15-,18-,19-,24-/m0/s1. The van der Waals surface area contributed by atoms with Crippen molar-refractivity contribution < 1.29 is 24.1 Å². The topological polar surface area (TPSA) is 65.0 Å². The van der Waals surface area contributed by atoms with Crippen LogP contribution < -0.4 is 9.47 Å². The van der Waals surface area contributed by atoms with Gasteiger partial charge in [-0.25, -0.2) is 4.79 Å². The van der Waals surface area contributed by atoms with E-state index in [2.05, 4.69) is 6.58 Å². The number of aliphatic carboxylic acids is 1. The fourth-order valence-corrected chi connectivity index (χ4v) is 4.34. The minimum atomic E-state index is -1.04. The van der Waals surface area contributed by atoms with Crippen LogP contribution in [-0.2, 0) is 9.53 Å². The van der Waals surface area contributed by atoms with Gasteiger partial charge < -0.3 is 19.3 Å². The molecule has 0 radical (unpaired) electrons. The Kier molecular flexibility index (Phi) is 7.06. The SMILES string of the molecule is C=C(C)[C@@H]1C[C@H](c2ccccc2Cl)[C@H](C)O[C@@H]1c1cc(OC)ccc1OCC(=O)O. The van der Waals surface area contributed by atoms with Gasteiger partial charge in [-0.05, 0) is 50.1 Å². The van der Waals surface area contributed by atoms with Crippen LogP contribution in [0.2, 0.25) is 5.02 Å². The molecule has 0 bridgehead atoms. The highest BCUT2D eigenvalue weighted by atomic mass is 35.5. The molecule has 5 nitrogen and oxygen atoms in total. The maximum atomic E-state index is 11.0. The van der Waals surface area contributed by atoms with Crippen LogP contribution in [0.5, 0.6) is 11.5 Å². The molecular weight excluding hydrogens is 404 g/mol. The highest BCUT2D eigenvalue weighted by molar-refractivity contribution is 6.31. The molecule has 0 aliphatic carbocycles. The minimum Gasteiger partial charge on any atom is -0.497 e. The van der Waals surface area contributed by atoms with Crippen molar-refractivity contribution in [2.75, 3.05) is 13.7 Å². The van der Waals surface area contributed by atoms with Crippen molar-refractivity contribution >= 4 is 17.6 Å². The van der Waals surface area contributed by atoms with Crippen LogP contribution in [0.1, 0.15) is 43.4 Å². The molecule has 4 atom stereocenters. The van der Waals surface area contributed by atoms with Gasteiger partial charge in [-0.1, -0.05) is 42.0 Å². The quantitative estimate of drug-likeness (QED) is 0.576. The second-order valence-electron chi connectivity index (χ2n) is 7.66. The number of methoxy groups -OCH3 is 1. The third-order valence-corrected chi connectivity index (χ3v) is 5.96. The molecule has 0 unspecified atom stereocenters. The van der Waals surface area contributed by atoms with E-state index in [0.717, 1.165) is 28.1 Å². The molecule has 1 saturated heterocycles. The van der Waals surface area contributed by atoms with Crippen LogP contribution in [0.15, 0.2) is 54.6 Å². The van der Waals surface area contributed by atoms with Crippen LogP contribution in [-0.4, -0.2) is 30.9 Å². The molecule has 160 valence electrons. The predicted molar refractivity (Wildman–Crippen MR) is 117 cm³/mol. The molecule has 6 heteroatoms. The first-order chi connectivity index (χ1) is 14.3. The van der Waals surface area contributed by atoms with Gasteiger partial charge >= 0.3 is 5.97 Å². The van der Waals surface area contributed by atoms with E-state index in [-0.39, 0.29) is 24.0 Å². The Morgan fingerprint density at radius 3 is 2.63 bits per heavy atom. The number of carboxylic acid groups (broad SMARTS) is 1. The van der Waals surface area contributed by atoms with Crippen molar-refractivity contribution in [3.8, 4) is 11.5 Å². The second kappa shape index (κ2) is 9.54. The lowest BCUT2D eigenvalue weighted by Crippen LogP contribution is -2.34. The summed E-state index contributed by atoms with van der Waals surface area (Å²) in [5, 5.41) is 9.76. The van der Waals surface area contributed by atoms with Crippen molar-refractivity contribution in [1.29, 1.82) is 0 Å². The summed E-state index contributed by atoms with van der Waals surface area (Å²) in [6.45, 7) is 7.79. The molecule has 3 rings (SSSR count). The fraction of sp³-hybridized carbons (Fsp3) is 0.375. The lowest BCUT2D eigenvalue weighted by molar-refractivity contribution is -0.139. The van der Waals surface area contributed by atoms with Gasteiger partial charge in [0.2, 0.25) is 0 Å². The maximum absolute atomic E-state index is 11.0. The third kappa shape index (κ3) is 4.79. The maximum Gasteiger partial charge on any atom is 0.341 e. The number of ether oxygens (including phenoxy) is 3. The highest BCUT2D eigenvalue weighted by Gasteiger charge is 2.39. The molecule has 1 N–H and O–H groups in total. The summed E-state index contributed by atoms with van der Waals surface area (Å²) in [5.74, 6) is 0.202. The molecule has 1 fully saturated rings. The van der Waals surface area contributed by atoms with Crippen LogP contribution in [0.4, 0.5) is 0 Å². The summed E-state index contributed by atoms with van der Waals surface area (Å²) < 4.78 is 17.5. The van der Waals surface area contributed by atoms with Crippen LogP contribution >= 0.6 is 11.6 Å². The Balaban J connectivity index is 1.98. The van der Waals surface area contributed by atoms with Gasteiger partial charge in [-0.3, -0.25) is 0 Å². The van der Waals surface area contributed by atoms with E-state index in [4.69, 9.17) is 30.9 Å². The number of carboxylic acids is 1. The first-order valence-electron chi connectivity index (χ1n) is 9.89. The minimum absolute atomic E-state index is 0.00163. The normalized spacial score (nSPS) is 23.6. The van der Waals surface area contributed by atoms with E-state index in [1.54, 1.807) is 19.2 Å². The van der Waals surface area contributed by atoms with Gasteiger partial charge in [0.1, 0.15) is 11.5 Å². The molecule has 0 spiro atoms. The number of benzene rings is 2. The summed E-state index contributed by atoms with van der Waals surface area (Å²) in [4.78, 5) is 11.0. The average Bonchev–Trinajstić information content (AvgIpc) is 2.72. The van der Waals surface area contributed by atoms with E-state index < -0.39 is 12.6 Å². The van der Waals surface area contributed by atoms with Gasteiger partial charge in [0.25, 0.3) is 0 Å². The smallest absolute Gasteiger partial charge is 0.341 e. The zero-order chi connectivity index (χ0) is 21.8. The van der Waals surface area contributed by atoms with Crippen LogP contribution in [0, 0.1) is 5.92 Å². The van der Waals surface area contributed by atoms with Crippen molar-refractivity contribution in [2.45, 2.75) is 38.4 Å². The Hall–Kier alpha value is -2.50. The number of hydrogen-bond acceptors (Lipinski definition) is 4. The summed E-state index contributed by atoms with van der Waals surface area (Å²) in [6, 6.07) is 13.1. The third-order valence-electron chi connectivity index (χ3n) is 5.61. The average molecular weight is 431 g/mol. The lowest BCUT2D eigenvalue weighted by Gasteiger charge is -2.42. The van der Waals surface area contributed by atoms with Gasteiger partial charge in [0.05, 0.1) is 19.3 Å². The second-order valence-corrected chi connectivity index (χ2v) is 8.07. The van der Waals surface area contributed by atoms with Gasteiger partial charge in [-0.2, -0.15) is 0 Å². The predicted octanol–water partition coefficient (Wildman–Crippen LogP) is 5.64. The van der Waals surface area contributed by atoms with Crippen molar-refractivity contribution in [1.82, 2.24) is 0 Å². The summed E-state index contributed by atoms with van der Waals surface area (Å²) in [7, 11) is 1.59.